The summed E-state index contributed by atoms with van der Waals surface area (Å²) in [7, 11) is 0. The van der Waals surface area contributed by atoms with Crippen molar-refractivity contribution >= 4 is 5.97 Å². The van der Waals surface area contributed by atoms with Gasteiger partial charge in [0.25, 0.3) is 0 Å². The largest absolute Gasteiger partial charge is 0.493 e. The van der Waals surface area contributed by atoms with Gasteiger partial charge in [0.05, 0.1) is 25.4 Å². The van der Waals surface area contributed by atoms with Crippen LogP contribution in [0.4, 0.5) is 13.2 Å². The van der Waals surface area contributed by atoms with E-state index in [0.717, 1.165) is 23.4 Å². The minimum Gasteiger partial charge on any atom is -0.493 e. The maximum atomic E-state index is 12.8. The molecule has 0 saturated heterocycles. The standard InChI is InChI=1S/C25H28F3N3O5/c1-3-34-21-14-20(10-7-17(21)8-12-23(32)33)36-13-5-6-18-16-31(30-24(18)35-4-2)22-11-9-19(15-29-22)25(26,27)28/h7,9-11,14-16H,3-6,8,12-13H2,1-2H3,(H,32,33). The second-order valence-electron chi connectivity index (χ2n) is 7.79. The molecule has 8 nitrogen and oxygen atoms in total. The average Bonchev–Trinajstić information content (AvgIpc) is 3.24. The molecule has 0 unspecified atom stereocenters. The minimum absolute atomic E-state index is 0.0120. The molecule has 1 aromatic carbocycles. The average molecular weight is 508 g/mol. The van der Waals surface area contributed by atoms with Crippen molar-refractivity contribution in [3.05, 3.63) is 59.4 Å². The van der Waals surface area contributed by atoms with Crippen LogP contribution < -0.4 is 14.2 Å². The van der Waals surface area contributed by atoms with E-state index in [4.69, 9.17) is 19.3 Å². The van der Waals surface area contributed by atoms with Gasteiger partial charge in [-0.1, -0.05) is 6.07 Å². The molecule has 36 heavy (non-hydrogen) atoms. The molecule has 0 fully saturated rings. The summed E-state index contributed by atoms with van der Waals surface area (Å²) in [6.07, 6.45) is -0.443. The number of ether oxygens (including phenoxy) is 3. The number of aromatic nitrogens is 3. The Labute approximate surface area is 206 Å². The van der Waals surface area contributed by atoms with Crippen molar-refractivity contribution < 1.29 is 37.3 Å². The summed E-state index contributed by atoms with van der Waals surface area (Å²) < 4.78 is 56.9. The zero-order valence-corrected chi connectivity index (χ0v) is 20.0. The van der Waals surface area contributed by atoms with Crippen LogP contribution in [0.15, 0.2) is 42.7 Å². The Bertz CT molecular complexity index is 1150. The van der Waals surface area contributed by atoms with Gasteiger partial charge in [0.15, 0.2) is 5.82 Å². The predicted molar refractivity (Wildman–Crippen MR) is 125 cm³/mol. The Morgan fingerprint density at radius 2 is 1.81 bits per heavy atom. The number of hydrogen-bond acceptors (Lipinski definition) is 6. The van der Waals surface area contributed by atoms with Crippen molar-refractivity contribution in [3.63, 3.8) is 0 Å². The van der Waals surface area contributed by atoms with Gasteiger partial charge in [-0.25, -0.2) is 9.67 Å². The molecule has 1 N–H and O–H groups in total. The predicted octanol–water partition coefficient (Wildman–Crippen LogP) is 5.11. The maximum Gasteiger partial charge on any atom is 0.417 e. The first-order valence-corrected chi connectivity index (χ1v) is 11.6. The number of pyridine rings is 1. The molecule has 0 aliphatic heterocycles. The number of nitrogens with zero attached hydrogens (tertiary/aromatic N) is 3. The Kier molecular flexibility index (Phi) is 9.15. The Balaban J connectivity index is 1.62. The second kappa shape index (κ2) is 12.3. The van der Waals surface area contributed by atoms with Gasteiger partial charge in [0, 0.05) is 30.4 Å². The number of aliphatic carboxylic acids is 1. The van der Waals surface area contributed by atoms with Crippen LogP contribution in [0.5, 0.6) is 17.4 Å². The molecular formula is C25H28F3N3O5. The summed E-state index contributed by atoms with van der Waals surface area (Å²) in [6, 6.07) is 7.55. The highest BCUT2D eigenvalue weighted by Gasteiger charge is 2.30. The van der Waals surface area contributed by atoms with E-state index in [1.807, 2.05) is 13.8 Å². The van der Waals surface area contributed by atoms with Crippen molar-refractivity contribution in [1.82, 2.24) is 14.8 Å². The second-order valence-corrected chi connectivity index (χ2v) is 7.79. The van der Waals surface area contributed by atoms with E-state index in [0.29, 0.717) is 56.5 Å². The van der Waals surface area contributed by atoms with Crippen LogP contribution in [0, 0.1) is 0 Å². The highest BCUT2D eigenvalue weighted by Crippen LogP contribution is 2.29. The Morgan fingerprint density at radius 3 is 2.44 bits per heavy atom. The zero-order chi connectivity index (χ0) is 26.1. The summed E-state index contributed by atoms with van der Waals surface area (Å²) in [5.74, 6) is 0.965. The molecule has 3 rings (SSSR count). The number of benzene rings is 1. The fourth-order valence-electron chi connectivity index (χ4n) is 3.45. The molecule has 11 heteroatoms. The van der Waals surface area contributed by atoms with Gasteiger partial charge in [-0.2, -0.15) is 13.2 Å². The summed E-state index contributed by atoms with van der Waals surface area (Å²) in [6.45, 7) is 4.88. The summed E-state index contributed by atoms with van der Waals surface area (Å²) in [4.78, 5) is 14.7. The topological polar surface area (TPSA) is 95.7 Å². The molecule has 0 bridgehead atoms. The fourth-order valence-corrected chi connectivity index (χ4v) is 3.45. The molecule has 194 valence electrons. The van der Waals surface area contributed by atoms with Crippen LogP contribution in [0.25, 0.3) is 5.82 Å². The maximum absolute atomic E-state index is 12.8. The van der Waals surface area contributed by atoms with Gasteiger partial charge in [-0.15, -0.1) is 5.10 Å². The third-order valence-corrected chi connectivity index (χ3v) is 5.15. The molecular weight excluding hydrogens is 479 g/mol. The number of aryl methyl sites for hydroxylation is 2. The van der Waals surface area contributed by atoms with Crippen LogP contribution >= 0.6 is 0 Å². The number of halogens is 3. The lowest BCUT2D eigenvalue weighted by Crippen LogP contribution is -2.07. The molecule has 0 atom stereocenters. The summed E-state index contributed by atoms with van der Waals surface area (Å²) in [5.41, 5.74) is 0.752. The zero-order valence-electron chi connectivity index (χ0n) is 20.0. The molecule has 0 aliphatic carbocycles. The van der Waals surface area contributed by atoms with Crippen LogP contribution in [-0.2, 0) is 23.8 Å². The molecule has 2 aromatic heterocycles. The third kappa shape index (κ3) is 7.37. The quantitative estimate of drug-likeness (QED) is 0.321. The Hall–Kier alpha value is -3.76. The number of alkyl halides is 3. The number of rotatable bonds is 13. The lowest BCUT2D eigenvalue weighted by molar-refractivity contribution is -0.138. The van der Waals surface area contributed by atoms with Crippen LogP contribution in [0.2, 0.25) is 0 Å². The number of hydrogen-bond donors (Lipinski definition) is 1. The normalized spacial score (nSPS) is 11.4. The monoisotopic (exact) mass is 507 g/mol. The van der Waals surface area contributed by atoms with E-state index in [9.17, 15) is 18.0 Å². The smallest absolute Gasteiger partial charge is 0.417 e. The van der Waals surface area contributed by atoms with Crippen LogP contribution in [0.1, 0.15) is 43.4 Å². The lowest BCUT2D eigenvalue weighted by Gasteiger charge is -2.12. The first-order chi connectivity index (χ1) is 17.2. The van der Waals surface area contributed by atoms with Gasteiger partial charge in [-0.3, -0.25) is 4.79 Å². The Morgan fingerprint density at radius 1 is 1.03 bits per heavy atom. The van der Waals surface area contributed by atoms with Crippen molar-refractivity contribution in [1.29, 1.82) is 0 Å². The SMILES string of the molecule is CCOc1cc(OCCCc2cn(-c3ccc(C(F)(F)F)cn3)nc2OCC)ccc1CCC(=O)O. The molecule has 0 amide bonds. The van der Waals surface area contributed by atoms with E-state index in [1.54, 1.807) is 24.4 Å². The highest BCUT2D eigenvalue weighted by atomic mass is 19.4. The first-order valence-electron chi connectivity index (χ1n) is 11.6. The van der Waals surface area contributed by atoms with E-state index in [1.165, 1.54) is 10.7 Å². The van der Waals surface area contributed by atoms with E-state index in [2.05, 4.69) is 10.1 Å². The fraction of sp³-hybridized carbons (Fsp3) is 0.400. The minimum atomic E-state index is -4.46. The van der Waals surface area contributed by atoms with Gasteiger partial charge in [0.2, 0.25) is 5.88 Å². The lowest BCUT2D eigenvalue weighted by atomic mass is 10.1. The number of carboxylic acid groups (broad SMARTS) is 1. The molecule has 0 radical (unpaired) electrons. The highest BCUT2D eigenvalue weighted by molar-refractivity contribution is 5.67. The van der Waals surface area contributed by atoms with Crippen LogP contribution in [0.3, 0.4) is 0 Å². The van der Waals surface area contributed by atoms with Crippen molar-refractivity contribution in [2.75, 3.05) is 19.8 Å². The van der Waals surface area contributed by atoms with Gasteiger partial charge >= 0.3 is 12.1 Å². The van der Waals surface area contributed by atoms with Gasteiger partial charge in [-0.05, 0) is 56.9 Å². The molecule has 2 heterocycles. The van der Waals surface area contributed by atoms with Crippen LogP contribution in [-0.4, -0.2) is 45.7 Å². The van der Waals surface area contributed by atoms with E-state index in [-0.39, 0.29) is 12.2 Å². The van der Waals surface area contributed by atoms with Gasteiger partial charge in [0.1, 0.15) is 11.5 Å². The van der Waals surface area contributed by atoms with Gasteiger partial charge < -0.3 is 19.3 Å². The van der Waals surface area contributed by atoms with Crippen molar-refractivity contribution in [2.24, 2.45) is 0 Å². The summed E-state index contributed by atoms with van der Waals surface area (Å²) in [5, 5.41) is 13.2. The molecule has 3 aromatic rings. The van der Waals surface area contributed by atoms with E-state index >= 15 is 0 Å². The van der Waals surface area contributed by atoms with Crippen molar-refractivity contribution in [3.8, 4) is 23.2 Å². The van der Waals surface area contributed by atoms with E-state index < -0.39 is 17.7 Å². The first kappa shape index (κ1) is 26.8. The van der Waals surface area contributed by atoms with Crippen molar-refractivity contribution in [2.45, 2.75) is 45.7 Å². The molecule has 0 saturated carbocycles. The third-order valence-electron chi connectivity index (χ3n) is 5.15. The molecule has 0 spiro atoms. The number of carbonyl (C=O) groups is 1. The summed E-state index contributed by atoms with van der Waals surface area (Å²) >= 11 is 0. The number of carboxylic acids is 1. The molecule has 0 aliphatic rings.